The van der Waals surface area contributed by atoms with Gasteiger partial charge in [-0.3, -0.25) is 4.79 Å². The highest BCUT2D eigenvalue weighted by Gasteiger charge is 2.30. The average molecular weight is 376 g/mol. The molecule has 0 aliphatic carbocycles. The molecule has 1 aromatic heterocycles. The Morgan fingerprint density at radius 1 is 1.23 bits per heavy atom. The maximum atomic E-state index is 12.3. The van der Waals surface area contributed by atoms with Gasteiger partial charge in [0.1, 0.15) is 17.2 Å². The Labute approximate surface area is 157 Å². The number of benzene rings is 1. The first-order valence-corrected chi connectivity index (χ1v) is 9.62. The number of carbonyl (C=O) groups excluding carboxylic acids is 2. The quantitative estimate of drug-likeness (QED) is 0.758. The molecule has 1 aliphatic heterocycles. The summed E-state index contributed by atoms with van der Waals surface area (Å²) >= 11 is 1.54. The van der Waals surface area contributed by atoms with Gasteiger partial charge in [-0.15, -0.1) is 11.3 Å². The molecule has 3 rings (SSSR count). The van der Waals surface area contributed by atoms with Crippen LogP contribution in [0, 0.1) is 5.92 Å². The third kappa shape index (κ3) is 4.72. The van der Waals surface area contributed by atoms with Crippen molar-refractivity contribution in [3.8, 4) is 0 Å². The van der Waals surface area contributed by atoms with Crippen molar-refractivity contribution < 1.29 is 19.1 Å². The Morgan fingerprint density at radius 2 is 1.92 bits per heavy atom. The summed E-state index contributed by atoms with van der Waals surface area (Å²) in [5.74, 6) is -0.392. The molecular weight excluding hydrogens is 352 g/mol. The Hall–Kier alpha value is -2.15. The van der Waals surface area contributed by atoms with Gasteiger partial charge in [0.25, 0.3) is 0 Å². The highest BCUT2D eigenvalue weighted by Crippen LogP contribution is 2.24. The Balaban J connectivity index is 1.47. The fraction of sp³-hybridized carbons (Fsp3) is 0.526. The number of aromatic nitrogens is 1. The van der Waals surface area contributed by atoms with Crippen molar-refractivity contribution in [1.29, 1.82) is 0 Å². The van der Waals surface area contributed by atoms with Gasteiger partial charge in [-0.2, -0.15) is 0 Å². The van der Waals surface area contributed by atoms with Crippen LogP contribution in [0.1, 0.15) is 38.6 Å². The van der Waals surface area contributed by atoms with Gasteiger partial charge in [-0.1, -0.05) is 12.1 Å². The molecular formula is C19H24N2O4S. The van der Waals surface area contributed by atoms with E-state index < -0.39 is 5.60 Å². The lowest BCUT2D eigenvalue weighted by Crippen LogP contribution is -2.43. The zero-order valence-electron chi connectivity index (χ0n) is 15.4. The van der Waals surface area contributed by atoms with E-state index in [9.17, 15) is 9.59 Å². The molecule has 0 N–H and O–H groups in total. The summed E-state index contributed by atoms with van der Waals surface area (Å²) < 4.78 is 11.9. The van der Waals surface area contributed by atoms with E-state index in [-0.39, 0.29) is 24.6 Å². The van der Waals surface area contributed by atoms with Gasteiger partial charge >= 0.3 is 12.1 Å². The number of nitrogens with zero attached hydrogens (tertiary/aromatic N) is 2. The van der Waals surface area contributed by atoms with E-state index in [2.05, 4.69) is 4.98 Å². The van der Waals surface area contributed by atoms with E-state index in [1.807, 2.05) is 45.0 Å². The molecule has 0 saturated carbocycles. The molecule has 1 aromatic carbocycles. The lowest BCUT2D eigenvalue weighted by Gasteiger charge is -2.32. The number of esters is 1. The van der Waals surface area contributed by atoms with E-state index in [0.717, 1.165) is 15.2 Å². The van der Waals surface area contributed by atoms with Crippen LogP contribution in [0.15, 0.2) is 24.3 Å². The van der Waals surface area contributed by atoms with Crippen molar-refractivity contribution in [2.75, 3.05) is 13.1 Å². The van der Waals surface area contributed by atoms with Gasteiger partial charge < -0.3 is 14.4 Å². The minimum absolute atomic E-state index is 0.178. The SMILES string of the molecule is CC(C)(C)OC(=O)N1CCC(C(=O)OCc2nc3ccccc3s2)CC1. The predicted molar refractivity (Wildman–Crippen MR) is 99.9 cm³/mol. The van der Waals surface area contributed by atoms with E-state index in [1.54, 1.807) is 4.90 Å². The van der Waals surface area contributed by atoms with Crippen LogP contribution < -0.4 is 0 Å². The minimum atomic E-state index is -0.510. The fourth-order valence-electron chi connectivity index (χ4n) is 2.86. The van der Waals surface area contributed by atoms with Gasteiger partial charge in [0.2, 0.25) is 0 Å². The number of carbonyl (C=O) groups is 2. The molecule has 1 aliphatic rings. The first kappa shape index (κ1) is 18.6. The van der Waals surface area contributed by atoms with Crippen molar-refractivity contribution in [1.82, 2.24) is 9.88 Å². The fourth-order valence-corrected chi connectivity index (χ4v) is 3.74. The number of hydrogen-bond acceptors (Lipinski definition) is 6. The molecule has 1 amide bonds. The molecule has 0 bridgehead atoms. The number of fused-ring (bicyclic) bond motifs is 1. The first-order valence-electron chi connectivity index (χ1n) is 8.81. The summed E-state index contributed by atoms with van der Waals surface area (Å²) in [5.41, 5.74) is 0.415. The van der Waals surface area contributed by atoms with Crippen molar-refractivity contribution in [3.05, 3.63) is 29.3 Å². The molecule has 6 nitrogen and oxygen atoms in total. The third-order valence-electron chi connectivity index (χ3n) is 4.16. The van der Waals surface area contributed by atoms with E-state index in [1.165, 1.54) is 11.3 Å². The zero-order valence-corrected chi connectivity index (χ0v) is 16.2. The highest BCUT2D eigenvalue weighted by atomic mass is 32.1. The molecule has 140 valence electrons. The summed E-state index contributed by atoms with van der Waals surface area (Å²) in [7, 11) is 0. The molecule has 0 unspecified atom stereocenters. The van der Waals surface area contributed by atoms with Crippen molar-refractivity contribution in [2.24, 2.45) is 5.92 Å². The van der Waals surface area contributed by atoms with Crippen LogP contribution in [0.25, 0.3) is 10.2 Å². The van der Waals surface area contributed by atoms with Crippen LogP contribution in [-0.2, 0) is 20.9 Å². The number of piperidine rings is 1. The van der Waals surface area contributed by atoms with Gasteiger partial charge in [-0.05, 0) is 45.7 Å². The normalized spacial score (nSPS) is 15.9. The van der Waals surface area contributed by atoms with Crippen molar-refractivity contribution in [3.63, 3.8) is 0 Å². The zero-order chi connectivity index (χ0) is 18.7. The predicted octanol–water partition coefficient (Wildman–Crippen LogP) is 3.99. The van der Waals surface area contributed by atoms with Crippen LogP contribution in [0.4, 0.5) is 4.79 Å². The summed E-state index contributed by atoms with van der Waals surface area (Å²) in [6, 6.07) is 7.86. The average Bonchev–Trinajstić information content (AvgIpc) is 3.01. The Kier molecular flexibility index (Phi) is 5.46. The van der Waals surface area contributed by atoms with E-state index in [4.69, 9.17) is 9.47 Å². The van der Waals surface area contributed by atoms with Crippen LogP contribution >= 0.6 is 11.3 Å². The molecule has 0 radical (unpaired) electrons. The van der Waals surface area contributed by atoms with Crippen LogP contribution in [0.2, 0.25) is 0 Å². The smallest absolute Gasteiger partial charge is 0.410 e. The number of hydrogen-bond donors (Lipinski definition) is 0. The second-order valence-electron chi connectivity index (χ2n) is 7.42. The highest BCUT2D eigenvalue weighted by molar-refractivity contribution is 7.18. The van der Waals surface area contributed by atoms with Crippen molar-refractivity contribution >= 4 is 33.6 Å². The van der Waals surface area contributed by atoms with Gasteiger partial charge in [0.15, 0.2) is 0 Å². The molecule has 26 heavy (non-hydrogen) atoms. The Bertz CT molecular complexity index is 755. The summed E-state index contributed by atoms with van der Waals surface area (Å²) in [6.45, 7) is 6.75. The minimum Gasteiger partial charge on any atom is -0.458 e. The Morgan fingerprint density at radius 3 is 2.58 bits per heavy atom. The lowest BCUT2D eigenvalue weighted by atomic mass is 9.97. The number of likely N-dealkylation sites (tertiary alicyclic amines) is 1. The monoisotopic (exact) mass is 376 g/mol. The molecule has 7 heteroatoms. The first-order chi connectivity index (χ1) is 12.3. The lowest BCUT2D eigenvalue weighted by molar-refractivity contribution is -0.151. The molecule has 0 spiro atoms. The number of rotatable bonds is 3. The second kappa shape index (κ2) is 7.61. The molecule has 1 fully saturated rings. The third-order valence-corrected chi connectivity index (χ3v) is 5.17. The number of ether oxygens (including phenoxy) is 2. The van der Waals surface area contributed by atoms with E-state index in [0.29, 0.717) is 25.9 Å². The van der Waals surface area contributed by atoms with Crippen LogP contribution in [0.3, 0.4) is 0 Å². The molecule has 2 aromatic rings. The van der Waals surface area contributed by atoms with Crippen LogP contribution in [0.5, 0.6) is 0 Å². The molecule has 1 saturated heterocycles. The summed E-state index contributed by atoms with van der Waals surface area (Å²) in [4.78, 5) is 30.5. The van der Waals surface area contributed by atoms with E-state index >= 15 is 0 Å². The molecule has 0 atom stereocenters. The second-order valence-corrected chi connectivity index (χ2v) is 8.54. The van der Waals surface area contributed by atoms with Crippen LogP contribution in [-0.4, -0.2) is 40.6 Å². The number of para-hydroxylation sites is 1. The van der Waals surface area contributed by atoms with Crippen molar-refractivity contribution in [2.45, 2.75) is 45.8 Å². The standard InChI is InChI=1S/C19H24N2O4S/c1-19(2,3)25-18(23)21-10-8-13(9-11-21)17(22)24-12-16-20-14-6-4-5-7-15(14)26-16/h4-7,13H,8-12H2,1-3H3. The number of thiazole rings is 1. The van der Waals surface area contributed by atoms with Gasteiger partial charge in [0.05, 0.1) is 16.1 Å². The maximum Gasteiger partial charge on any atom is 0.410 e. The maximum absolute atomic E-state index is 12.3. The summed E-state index contributed by atoms with van der Waals surface area (Å²) in [6.07, 6.45) is 0.870. The largest absolute Gasteiger partial charge is 0.458 e. The van der Waals surface area contributed by atoms with Gasteiger partial charge in [0, 0.05) is 13.1 Å². The topological polar surface area (TPSA) is 68.7 Å². The van der Waals surface area contributed by atoms with Gasteiger partial charge in [-0.25, -0.2) is 9.78 Å². The number of amides is 1. The summed E-state index contributed by atoms with van der Waals surface area (Å²) in [5, 5.41) is 0.797. The molecule has 2 heterocycles.